The number of benzene rings is 1. The summed E-state index contributed by atoms with van der Waals surface area (Å²) in [5, 5.41) is 11.0. The number of para-hydroxylation sites is 1. The Morgan fingerprint density at radius 1 is 1.58 bits per heavy atom. The zero-order chi connectivity index (χ0) is 14.6. The van der Waals surface area contributed by atoms with E-state index in [0.717, 1.165) is 5.75 Å². The van der Waals surface area contributed by atoms with Crippen LogP contribution in [0.3, 0.4) is 0 Å². The Morgan fingerprint density at radius 2 is 2.21 bits per heavy atom. The summed E-state index contributed by atoms with van der Waals surface area (Å²) < 4.78 is 0. The van der Waals surface area contributed by atoms with E-state index in [1.54, 1.807) is 18.8 Å². The number of hydrogen-bond donors (Lipinski definition) is 0. The monoisotopic (exact) mass is 302 g/mol. The first-order valence-corrected chi connectivity index (χ1v) is 7.36. The smallest absolute Gasteiger partial charge is 0.300 e. The minimum Gasteiger partial charge on any atom is -0.338 e. The van der Waals surface area contributed by atoms with E-state index in [1.807, 2.05) is 13.2 Å². The molecule has 0 aromatic heterocycles. The topological polar surface area (TPSA) is 63.5 Å². The standard InChI is InChI=1S/C12H15ClN2O3S/c1-8(7-19-3)14(2)12(16)9-5-4-6-10(13)11(9)15(17)18/h4-6,8H,7H2,1-3H3. The van der Waals surface area contributed by atoms with E-state index < -0.39 is 10.8 Å². The van der Waals surface area contributed by atoms with Gasteiger partial charge in [0.1, 0.15) is 10.6 Å². The number of hydrogen-bond acceptors (Lipinski definition) is 4. The predicted octanol–water partition coefficient (Wildman–Crippen LogP) is 3.07. The second-order valence-electron chi connectivity index (χ2n) is 4.11. The molecule has 0 spiro atoms. The van der Waals surface area contributed by atoms with Gasteiger partial charge >= 0.3 is 5.69 Å². The highest BCUT2D eigenvalue weighted by atomic mass is 35.5. The highest BCUT2D eigenvalue weighted by Gasteiger charge is 2.27. The fraction of sp³-hybridized carbons (Fsp3) is 0.417. The maximum Gasteiger partial charge on any atom is 0.300 e. The molecule has 0 heterocycles. The molecule has 0 aliphatic carbocycles. The molecule has 104 valence electrons. The van der Waals surface area contributed by atoms with Crippen molar-refractivity contribution in [3.8, 4) is 0 Å². The Morgan fingerprint density at radius 3 is 2.74 bits per heavy atom. The highest BCUT2D eigenvalue weighted by molar-refractivity contribution is 7.98. The van der Waals surface area contributed by atoms with Crippen molar-refractivity contribution >= 4 is 35.0 Å². The molecule has 0 radical (unpaired) electrons. The third kappa shape index (κ3) is 3.61. The van der Waals surface area contributed by atoms with Gasteiger partial charge in [0.2, 0.25) is 0 Å². The number of halogens is 1. The van der Waals surface area contributed by atoms with E-state index in [0.29, 0.717) is 0 Å². The number of nitrogens with zero attached hydrogens (tertiary/aromatic N) is 2. The summed E-state index contributed by atoms with van der Waals surface area (Å²) in [6.07, 6.45) is 1.94. The molecule has 0 N–H and O–H groups in total. The lowest BCUT2D eigenvalue weighted by molar-refractivity contribution is -0.385. The largest absolute Gasteiger partial charge is 0.338 e. The van der Waals surface area contributed by atoms with Crippen molar-refractivity contribution in [2.45, 2.75) is 13.0 Å². The van der Waals surface area contributed by atoms with Crippen LogP contribution in [0.15, 0.2) is 18.2 Å². The molecule has 0 bridgehead atoms. The molecule has 0 fully saturated rings. The lowest BCUT2D eigenvalue weighted by Crippen LogP contribution is -2.36. The predicted molar refractivity (Wildman–Crippen MR) is 78.0 cm³/mol. The summed E-state index contributed by atoms with van der Waals surface area (Å²) in [6.45, 7) is 1.89. The first-order chi connectivity index (χ1) is 8.90. The molecule has 0 saturated heterocycles. The molecule has 1 aromatic rings. The molecule has 0 aliphatic heterocycles. The number of nitro groups is 1. The highest BCUT2D eigenvalue weighted by Crippen LogP contribution is 2.29. The molecule has 1 aromatic carbocycles. The van der Waals surface area contributed by atoms with Gasteiger partial charge in [0, 0.05) is 18.8 Å². The first kappa shape index (κ1) is 15.8. The Bertz CT molecular complexity index is 496. The van der Waals surface area contributed by atoms with E-state index >= 15 is 0 Å². The van der Waals surface area contributed by atoms with Gasteiger partial charge in [0.15, 0.2) is 0 Å². The third-order valence-electron chi connectivity index (χ3n) is 2.79. The molecule has 0 aliphatic rings. The zero-order valence-electron chi connectivity index (χ0n) is 10.9. The zero-order valence-corrected chi connectivity index (χ0v) is 12.5. The lowest BCUT2D eigenvalue weighted by atomic mass is 10.1. The Kier molecular flexibility index (Phi) is 5.62. The van der Waals surface area contributed by atoms with Gasteiger partial charge in [-0.1, -0.05) is 17.7 Å². The molecule has 1 rings (SSSR count). The first-order valence-electron chi connectivity index (χ1n) is 5.59. The second-order valence-corrected chi connectivity index (χ2v) is 5.43. The molecule has 1 unspecified atom stereocenters. The fourth-order valence-electron chi connectivity index (χ4n) is 1.62. The van der Waals surface area contributed by atoms with Crippen LogP contribution >= 0.6 is 23.4 Å². The minimum absolute atomic E-state index is 0.0129. The van der Waals surface area contributed by atoms with Crippen LogP contribution in [0, 0.1) is 10.1 Å². The van der Waals surface area contributed by atoms with Gasteiger partial charge in [-0.2, -0.15) is 11.8 Å². The maximum absolute atomic E-state index is 12.3. The lowest BCUT2D eigenvalue weighted by Gasteiger charge is -2.24. The van der Waals surface area contributed by atoms with Crippen molar-refractivity contribution in [3.63, 3.8) is 0 Å². The van der Waals surface area contributed by atoms with E-state index in [4.69, 9.17) is 11.6 Å². The molecule has 7 heteroatoms. The van der Waals surface area contributed by atoms with Crippen molar-refractivity contribution < 1.29 is 9.72 Å². The van der Waals surface area contributed by atoms with Crippen LogP contribution in [0.25, 0.3) is 0 Å². The summed E-state index contributed by atoms with van der Waals surface area (Å²) >= 11 is 7.41. The Hall–Kier alpha value is -1.27. The minimum atomic E-state index is -0.622. The molecule has 19 heavy (non-hydrogen) atoms. The molecular weight excluding hydrogens is 288 g/mol. The van der Waals surface area contributed by atoms with Crippen LogP contribution < -0.4 is 0 Å². The summed E-state index contributed by atoms with van der Waals surface area (Å²) in [7, 11) is 1.63. The molecular formula is C12H15ClN2O3S. The van der Waals surface area contributed by atoms with E-state index in [1.165, 1.54) is 23.1 Å². The normalized spacial score (nSPS) is 12.0. The van der Waals surface area contributed by atoms with Crippen molar-refractivity contribution in [3.05, 3.63) is 38.9 Å². The van der Waals surface area contributed by atoms with Gasteiger partial charge in [0.05, 0.1) is 4.92 Å². The van der Waals surface area contributed by atoms with Gasteiger partial charge in [-0.05, 0) is 25.3 Å². The third-order valence-corrected chi connectivity index (χ3v) is 3.91. The Balaban J connectivity index is 3.13. The van der Waals surface area contributed by atoms with Gasteiger partial charge in [0.25, 0.3) is 5.91 Å². The SMILES string of the molecule is CSCC(C)N(C)C(=O)c1cccc(Cl)c1[N+](=O)[O-]. The van der Waals surface area contributed by atoms with Gasteiger partial charge in [-0.25, -0.2) is 0 Å². The molecule has 1 amide bonds. The number of rotatable bonds is 5. The van der Waals surface area contributed by atoms with E-state index in [2.05, 4.69) is 0 Å². The van der Waals surface area contributed by atoms with Crippen molar-refractivity contribution in [1.82, 2.24) is 4.90 Å². The van der Waals surface area contributed by atoms with Crippen LogP contribution in [0.4, 0.5) is 5.69 Å². The average Bonchev–Trinajstić information content (AvgIpc) is 2.36. The summed E-state index contributed by atoms with van der Waals surface area (Å²) in [5.74, 6) is 0.368. The number of carbonyl (C=O) groups excluding carboxylic acids is 1. The summed E-state index contributed by atoms with van der Waals surface area (Å²) in [6, 6.07) is 4.35. The van der Waals surface area contributed by atoms with Crippen LogP contribution in [0.1, 0.15) is 17.3 Å². The average molecular weight is 303 g/mol. The van der Waals surface area contributed by atoms with Crippen LogP contribution in [0.5, 0.6) is 0 Å². The molecule has 1 atom stereocenters. The fourth-order valence-corrected chi connectivity index (χ4v) is 2.57. The van der Waals surface area contributed by atoms with E-state index in [9.17, 15) is 14.9 Å². The second kappa shape index (κ2) is 6.77. The van der Waals surface area contributed by atoms with Gasteiger partial charge in [-0.3, -0.25) is 14.9 Å². The van der Waals surface area contributed by atoms with Crippen LogP contribution in [0.2, 0.25) is 5.02 Å². The summed E-state index contributed by atoms with van der Waals surface area (Å²) in [4.78, 5) is 24.2. The van der Waals surface area contributed by atoms with Crippen LogP contribution in [-0.2, 0) is 0 Å². The molecule has 0 saturated carbocycles. The number of carbonyl (C=O) groups is 1. The summed E-state index contributed by atoms with van der Waals surface area (Å²) in [5.41, 5.74) is -0.315. The van der Waals surface area contributed by atoms with Crippen molar-refractivity contribution in [2.24, 2.45) is 0 Å². The number of amides is 1. The van der Waals surface area contributed by atoms with Gasteiger partial charge < -0.3 is 4.90 Å². The molecule has 5 nitrogen and oxygen atoms in total. The van der Waals surface area contributed by atoms with Crippen molar-refractivity contribution in [1.29, 1.82) is 0 Å². The number of thioether (sulfide) groups is 1. The van der Waals surface area contributed by atoms with Crippen LogP contribution in [-0.4, -0.2) is 40.8 Å². The van der Waals surface area contributed by atoms with Gasteiger partial charge in [-0.15, -0.1) is 0 Å². The quantitative estimate of drug-likeness (QED) is 0.619. The van der Waals surface area contributed by atoms with E-state index in [-0.39, 0.29) is 22.3 Å². The Labute approximate surface area is 121 Å². The van der Waals surface area contributed by atoms with Crippen molar-refractivity contribution in [2.75, 3.05) is 19.1 Å². The number of nitro benzene ring substituents is 1. The maximum atomic E-state index is 12.3.